The molecule has 0 radical (unpaired) electrons. The number of nitro groups is 2. The Kier molecular flexibility index (Phi) is 15.1. The lowest BCUT2D eigenvalue weighted by molar-refractivity contribution is -0.385. The number of hydrogen-bond acceptors (Lipinski definition) is 10. The van der Waals surface area contributed by atoms with Crippen molar-refractivity contribution in [2.24, 2.45) is 11.5 Å². The van der Waals surface area contributed by atoms with E-state index in [9.17, 15) is 39.4 Å². The fourth-order valence-electron chi connectivity index (χ4n) is 3.02. The van der Waals surface area contributed by atoms with Crippen LogP contribution in [0.2, 0.25) is 0 Å². The molecular formula is C30H28N4O12. The number of nitrogens with zero attached hydrogens (tertiary/aromatic N) is 2. The molecule has 0 unspecified atom stereocenters. The molecular weight excluding hydrogens is 608 g/mol. The van der Waals surface area contributed by atoms with Crippen LogP contribution in [-0.2, 0) is 0 Å². The van der Waals surface area contributed by atoms with Gasteiger partial charge in [-0.25, -0.2) is 9.59 Å². The van der Waals surface area contributed by atoms with E-state index in [4.69, 9.17) is 31.2 Å². The van der Waals surface area contributed by atoms with Gasteiger partial charge < -0.3 is 31.2 Å². The van der Waals surface area contributed by atoms with Gasteiger partial charge in [-0.3, -0.25) is 29.8 Å². The smallest absolute Gasteiger partial charge is 0.335 e. The number of carboxylic acid groups (broad SMARTS) is 2. The minimum absolute atomic E-state index is 0.0794. The third kappa shape index (κ3) is 13.0. The summed E-state index contributed by atoms with van der Waals surface area (Å²) in [6.45, 7) is 0. The van der Waals surface area contributed by atoms with Gasteiger partial charge in [-0.15, -0.1) is 0 Å². The first-order valence-corrected chi connectivity index (χ1v) is 12.5. The van der Waals surface area contributed by atoms with Gasteiger partial charge in [0.2, 0.25) is 11.8 Å². The van der Waals surface area contributed by atoms with E-state index in [1.165, 1.54) is 36.4 Å². The largest absolute Gasteiger partial charge is 0.497 e. The molecule has 0 aromatic heterocycles. The second kappa shape index (κ2) is 18.6. The van der Waals surface area contributed by atoms with Crippen LogP contribution in [0.3, 0.4) is 0 Å². The first-order chi connectivity index (χ1) is 21.7. The molecule has 0 heterocycles. The molecule has 16 nitrogen and oxygen atoms in total. The Balaban J connectivity index is 0.000000307. The molecule has 0 atom stereocenters. The number of primary amides is 2. The number of hydrogen-bond donors (Lipinski definition) is 4. The monoisotopic (exact) mass is 636 g/mol. The Morgan fingerprint density at radius 2 is 0.870 bits per heavy atom. The number of nitro benzene ring substituents is 2. The number of rotatable bonds is 8. The average molecular weight is 637 g/mol. The first kappa shape index (κ1) is 37.2. The lowest BCUT2D eigenvalue weighted by Gasteiger charge is -1.98. The van der Waals surface area contributed by atoms with Crippen molar-refractivity contribution < 1.29 is 48.7 Å². The van der Waals surface area contributed by atoms with Gasteiger partial charge in [-0.1, -0.05) is 12.1 Å². The molecule has 0 bridgehead atoms. The summed E-state index contributed by atoms with van der Waals surface area (Å²) >= 11 is 0. The van der Waals surface area contributed by atoms with E-state index in [1.54, 1.807) is 62.8 Å². The minimum Gasteiger partial charge on any atom is -0.497 e. The van der Waals surface area contributed by atoms with E-state index < -0.39 is 33.6 Å². The summed E-state index contributed by atoms with van der Waals surface area (Å²) in [5, 5.41) is 37.3. The number of non-ortho nitro benzene ring substituents is 2. The van der Waals surface area contributed by atoms with Crippen molar-refractivity contribution in [2.75, 3.05) is 14.2 Å². The third-order valence-electron chi connectivity index (χ3n) is 5.36. The van der Waals surface area contributed by atoms with Gasteiger partial charge in [0.15, 0.2) is 0 Å². The van der Waals surface area contributed by atoms with Crippen molar-refractivity contribution in [3.63, 3.8) is 0 Å². The summed E-state index contributed by atoms with van der Waals surface area (Å²) in [5.41, 5.74) is 10.4. The number of nitrogens with two attached hydrogens (primary N) is 2. The lowest BCUT2D eigenvalue weighted by Crippen LogP contribution is -2.10. The number of carbonyl (C=O) groups is 4. The van der Waals surface area contributed by atoms with Crippen LogP contribution in [0.25, 0.3) is 0 Å². The number of ether oxygens (including phenoxy) is 2. The van der Waals surface area contributed by atoms with Crippen LogP contribution in [0.15, 0.2) is 97.1 Å². The highest BCUT2D eigenvalue weighted by molar-refractivity contribution is 5.93. The molecule has 46 heavy (non-hydrogen) atoms. The number of carboxylic acids is 2. The summed E-state index contributed by atoms with van der Waals surface area (Å²) < 4.78 is 9.79. The second-order valence-electron chi connectivity index (χ2n) is 8.41. The Labute approximate surface area is 260 Å². The Morgan fingerprint density at radius 3 is 1.09 bits per heavy atom. The van der Waals surface area contributed by atoms with Crippen LogP contribution in [-0.4, -0.2) is 58.0 Å². The highest BCUT2D eigenvalue weighted by Gasteiger charge is 2.10. The highest BCUT2D eigenvalue weighted by atomic mass is 16.6. The zero-order chi connectivity index (χ0) is 34.8. The van der Waals surface area contributed by atoms with Gasteiger partial charge >= 0.3 is 11.9 Å². The molecule has 0 fully saturated rings. The number of benzene rings is 4. The second-order valence-corrected chi connectivity index (χ2v) is 8.41. The van der Waals surface area contributed by atoms with Crippen LogP contribution >= 0.6 is 0 Å². The van der Waals surface area contributed by atoms with Gasteiger partial charge in [-0.05, 0) is 60.7 Å². The Hall–Kier alpha value is -6.84. The van der Waals surface area contributed by atoms with E-state index >= 15 is 0 Å². The molecule has 4 rings (SSSR count). The van der Waals surface area contributed by atoms with E-state index in [0.717, 1.165) is 23.6 Å². The van der Waals surface area contributed by atoms with Gasteiger partial charge in [0.05, 0.1) is 35.2 Å². The summed E-state index contributed by atoms with van der Waals surface area (Å²) in [4.78, 5) is 61.0. The summed E-state index contributed by atoms with van der Waals surface area (Å²) in [7, 11) is 3.14. The maximum absolute atomic E-state index is 10.6. The Morgan fingerprint density at radius 1 is 0.565 bits per heavy atom. The molecule has 240 valence electrons. The molecule has 0 spiro atoms. The maximum atomic E-state index is 10.6. The fourth-order valence-corrected chi connectivity index (χ4v) is 3.02. The van der Waals surface area contributed by atoms with E-state index in [2.05, 4.69) is 0 Å². The third-order valence-corrected chi connectivity index (χ3v) is 5.36. The molecule has 0 aliphatic rings. The van der Waals surface area contributed by atoms with Crippen LogP contribution in [0.1, 0.15) is 41.4 Å². The molecule has 4 aromatic carbocycles. The summed E-state index contributed by atoms with van der Waals surface area (Å²) in [5.74, 6) is -1.75. The standard InChI is InChI=1S/2C8H9NO2.2C7H5NO4/c2*1-11-7-4-2-6(3-5-7)8(9)10;2*9-7(10)5-2-1-3-6(4-5)8(11)12/h2*2-5H,1H3,(H2,9,10);2*1-4H,(H,9,10). The van der Waals surface area contributed by atoms with E-state index in [1.807, 2.05) is 0 Å². The molecule has 16 heteroatoms. The highest BCUT2D eigenvalue weighted by Crippen LogP contribution is 2.14. The zero-order valence-electron chi connectivity index (χ0n) is 24.3. The minimum atomic E-state index is -1.17. The van der Waals surface area contributed by atoms with Crippen molar-refractivity contribution in [3.05, 3.63) is 140 Å². The SMILES string of the molecule is COc1ccc(C(N)=O)cc1.COc1ccc(C(N)=O)cc1.O=C(O)c1cccc([N+](=O)[O-])c1.O=C(O)c1cccc([N+](=O)[O-])c1. The summed E-state index contributed by atoms with van der Waals surface area (Å²) in [6.07, 6.45) is 0. The first-order valence-electron chi connectivity index (χ1n) is 12.5. The van der Waals surface area contributed by atoms with Crippen molar-refractivity contribution in [2.45, 2.75) is 0 Å². The van der Waals surface area contributed by atoms with Gasteiger partial charge in [0, 0.05) is 35.4 Å². The zero-order valence-corrected chi connectivity index (χ0v) is 24.3. The number of aromatic carboxylic acids is 2. The van der Waals surface area contributed by atoms with Gasteiger partial charge in [0.25, 0.3) is 11.4 Å². The molecule has 0 aliphatic heterocycles. The predicted molar refractivity (Wildman–Crippen MR) is 163 cm³/mol. The number of carbonyl (C=O) groups excluding carboxylic acids is 2. The van der Waals surface area contributed by atoms with Crippen LogP contribution in [0.5, 0.6) is 11.5 Å². The van der Waals surface area contributed by atoms with Crippen LogP contribution in [0.4, 0.5) is 11.4 Å². The topological polar surface area (TPSA) is 266 Å². The molecule has 2 amide bonds. The van der Waals surface area contributed by atoms with Crippen LogP contribution < -0.4 is 20.9 Å². The normalized spacial score (nSPS) is 9.26. The Bertz CT molecular complexity index is 1490. The molecule has 4 aromatic rings. The molecule has 0 saturated carbocycles. The summed E-state index contributed by atoms with van der Waals surface area (Å²) in [6, 6.07) is 23.1. The number of amides is 2. The fraction of sp³-hybridized carbons (Fsp3) is 0.0667. The van der Waals surface area contributed by atoms with Gasteiger partial charge in [0.1, 0.15) is 11.5 Å². The quantitative estimate of drug-likeness (QED) is 0.157. The van der Waals surface area contributed by atoms with Crippen molar-refractivity contribution in [3.8, 4) is 11.5 Å². The lowest BCUT2D eigenvalue weighted by atomic mass is 10.2. The molecule has 0 aliphatic carbocycles. The average Bonchev–Trinajstić information content (AvgIpc) is 3.05. The van der Waals surface area contributed by atoms with Crippen molar-refractivity contribution >= 4 is 35.1 Å². The van der Waals surface area contributed by atoms with Crippen LogP contribution in [0, 0.1) is 20.2 Å². The maximum Gasteiger partial charge on any atom is 0.335 e. The van der Waals surface area contributed by atoms with E-state index in [0.29, 0.717) is 11.1 Å². The van der Waals surface area contributed by atoms with Crippen molar-refractivity contribution in [1.82, 2.24) is 0 Å². The molecule has 6 N–H and O–H groups in total. The predicted octanol–water partition coefficient (Wildman–Crippen LogP) is 4.17. The van der Waals surface area contributed by atoms with Crippen molar-refractivity contribution in [1.29, 1.82) is 0 Å². The number of methoxy groups -OCH3 is 2. The molecule has 0 saturated heterocycles. The van der Waals surface area contributed by atoms with Gasteiger partial charge in [-0.2, -0.15) is 0 Å². The van der Waals surface area contributed by atoms with E-state index in [-0.39, 0.29) is 22.5 Å².